The summed E-state index contributed by atoms with van der Waals surface area (Å²) < 4.78 is 0. The first kappa shape index (κ1) is 10.2. The summed E-state index contributed by atoms with van der Waals surface area (Å²) in [6.07, 6.45) is 4.02. The van der Waals surface area contributed by atoms with Gasteiger partial charge in [0.05, 0.1) is 0 Å². The van der Waals surface area contributed by atoms with Crippen LogP contribution in [0.5, 0.6) is 0 Å². The molecule has 0 saturated heterocycles. The molecule has 1 aliphatic rings. The zero-order chi connectivity index (χ0) is 9.97. The molecule has 14 heavy (non-hydrogen) atoms. The third-order valence-corrected chi connectivity index (χ3v) is 3.70. The molecule has 0 amide bonds. The van der Waals surface area contributed by atoms with Crippen LogP contribution in [0.3, 0.4) is 0 Å². The van der Waals surface area contributed by atoms with Gasteiger partial charge in [0.15, 0.2) is 0 Å². The van der Waals surface area contributed by atoms with Crippen molar-refractivity contribution in [1.82, 2.24) is 5.32 Å². The normalized spacial score (nSPS) is 18.4. The fourth-order valence-electron chi connectivity index (χ4n) is 1.67. The van der Waals surface area contributed by atoms with E-state index >= 15 is 0 Å². The number of rotatable bonds is 5. The van der Waals surface area contributed by atoms with Gasteiger partial charge in [-0.15, -0.1) is 11.3 Å². The third-order valence-electron chi connectivity index (χ3n) is 2.68. The summed E-state index contributed by atoms with van der Waals surface area (Å²) in [6.45, 7) is 5.70. The van der Waals surface area contributed by atoms with Gasteiger partial charge in [-0.2, -0.15) is 0 Å². The molecule has 0 aliphatic heterocycles. The first-order chi connectivity index (χ1) is 6.74. The van der Waals surface area contributed by atoms with Gasteiger partial charge in [0.2, 0.25) is 0 Å². The quantitative estimate of drug-likeness (QED) is 0.786. The number of hydrogen-bond donors (Lipinski definition) is 1. The Labute approximate surface area is 90.5 Å². The molecular weight excluding hydrogens is 190 g/mol. The molecule has 2 rings (SSSR count). The van der Waals surface area contributed by atoms with Gasteiger partial charge in [0.1, 0.15) is 0 Å². The lowest BCUT2D eigenvalue weighted by Gasteiger charge is -2.10. The molecule has 1 aromatic heterocycles. The minimum absolute atomic E-state index is 0.772. The Balaban J connectivity index is 1.72. The topological polar surface area (TPSA) is 12.0 Å². The Hall–Kier alpha value is -0.340. The molecule has 1 nitrogen and oxygen atoms in total. The molecule has 0 radical (unpaired) electrons. The molecular formula is C12H19NS. The molecule has 0 aromatic carbocycles. The van der Waals surface area contributed by atoms with Crippen LogP contribution >= 0.6 is 11.3 Å². The lowest BCUT2D eigenvalue weighted by atomic mass is 10.1. The van der Waals surface area contributed by atoms with Crippen molar-refractivity contribution in [2.45, 2.75) is 39.2 Å². The molecule has 78 valence electrons. The van der Waals surface area contributed by atoms with Crippen LogP contribution < -0.4 is 5.32 Å². The molecule has 1 N–H and O–H groups in total. The Morgan fingerprint density at radius 3 is 2.86 bits per heavy atom. The van der Waals surface area contributed by atoms with Crippen LogP contribution in [0, 0.1) is 12.8 Å². The second kappa shape index (κ2) is 4.45. The van der Waals surface area contributed by atoms with Gasteiger partial charge in [-0.1, -0.05) is 6.92 Å². The highest BCUT2D eigenvalue weighted by atomic mass is 32.1. The molecule has 1 atom stereocenters. The monoisotopic (exact) mass is 209 g/mol. The predicted octanol–water partition coefficient (Wildman–Crippen LogP) is 2.99. The standard InChI is InChI=1S/C12H19NS/c1-9(8-13-11-4-5-11)7-12-6-3-10(2)14-12/h3,6,9,11,13H,4-5,7-8H2,1-2H3. The summed E-state index contributed by atoms with van der Waals surface area (Å²) in [7, 11) is 0. The largest absolute Gasteiger partial charge is 0.314 e. The molecule has 1 aliphatic carbocycles. The highest BCUT2D eigenvalue weighted by molar-refractivity contribution is 7.11. The Morgan fingerprint density at radius 1 is 1.50 bits per heavy atom. The van der Waals surface area contributed by atoms with Crippen molar-refractivity contribution in [2.24, 2.45) is 5.92 Å². The first-order valence-corrected chi connectivity index (χ1v) is 6.34. The molecule has 0 spiro atoms. The van der Waals surface area contributed by atoms with E-state index in [-0.39, 0.29) is 0 Å². The molecule has 1 fully saturated rings. The third kappa shape index (κ3) is 3.10. The van der Waals surface area contributed by atoms with Crippen molar-refractivity contribution >= 4 is 11.3 Å². The number of nitrogens with one attached hydrogen (secondary N) is 1. The predicted molar refractivity (Wildman–Crippen MR) is 62.9 cm³/mol. The lowest BCUT2D eigenvalue weighted by Crippen LogP contribution is -2.24. The summed E-state index contributed by atoms with van der Waals surface area (Å²) in [4.78, 5) is 2.97. The van der Waals surface area contributed by atoms with Gasteiger partial charge < -0.3 is 5.32 Å². The van der Waals surface area contributed by atoms with E-state index < -0.39 is 0 Å². The van der Waals surface area contributed by atoms with Gasteiger partial charge >= 0.3 is 0 Å². The summed E-state index contributed by atoms with van der Waals surface area (Å²) in [5, 5.41) is 3.59. The molecule has 1 aromatic rings. The van der Waals surface area contributed by atoms with Crippen molar-refractivity contribution in [2.75, 3.05) is 6.54 Å². The molecule has 1 unspecified atom stereocenters. The molecule has 2 heteroatoms. The van der Waals surface area contributed by atoms with Crippen LogP contribution in [0.15, 0.2) is 12.1 Å². The van der Waals surface area contributed by atoms with Gasteiger partial charge in [-0.05, 0) is 50.8 Å². The fourth-order valence-corrected chi connectivity index (χ4v) is 2.72. The molecule has 0 bridgehead atoms. The average Bonchev–Trinajstić information content (AvgIpc) is 2.88. The SMILES string of the molecule is Cc1ccc(CC(C)CNC2CC2)s1. The lowest BCUT2D eigenvalue weighted by molar-refractivity contribution is 0.512. The highest BCUT2D eigenvalue weighted by Crippen LogP contribution is 2.21. The van der Waals surface area contributed by atoms with Crippen LogP contribution in [0.1, 0.15) is 29.5 Å². The summed E-state index contributed by atoms with van der Waals surface area (Å²) in [5.41, 5.74) is 0. The second-order valence-corrected chi connectivity index (χ2v) is 5.88. The number of hydrogen-bond acceptors (Lipinski definition) is 2. The van der Waals surface area contributed by atoms with E-state index in [1.54, 1.807) is 0 Å². The van der Waals surface area contributed by atoms with Gasteiger partial charge in [-0.3, -0.25) is 0 Å². The maximum atomic E-state index is 3.59. The summed E-state index contributed by atoms with van der Waals surface area (Å²) >= 11 is 1.94. The van der Waals surface area contributed by atoms with E-state index in [1.165, 1.54) is 35.6 Å². The van der Waals surface area contributed by atoms with E-state index in [4.69, 9.17) is 0 Å². The second-order valence-electron chi connectivity index (χ2n) is 4.50. The van der Waals surface area contributed by atoms with Crippen LogP contribution in [0.2, 0.25) is 0 Å². The maximum absolute atomic E-state index is 3.59. The van der Waals surface area contributed by atoms with Crippen LogP contribution in [-0.2, 0) is 6.42 Å². The van der Waals surface area contributed by atoms with Crippen molar-refractivity contribution in [3.63, 3.8) is 0 Å². The minimum Gasteiger partial charge on any atom is -0.314 e. The zero-order valence-corrected chi connectivity index (χ0v) is 9.86. The first-order valence-electron chi connectivity index (χ1n) is 5.53. The number of aryl methyl sites for hydroxylation is 1. The van der Waals surface area contributed by atoms with Crippen LogP contribution in [0.4, 0.5) is 0 Å². The molecule has 1 heterocycles. The fraction of sp³-hybridized carbons (Fsp3) is 0.667. The van der Waals surface area contributed by atoms with E-state index in [0.717, 1.165) is 12.0 Å². The van der Waals surface area contributed by atoms with Crippen molar-refractivity contribution in [1.29, 1.82) is 0 Å². The van der Waals surface area contributed by atoms with Crippen LogP contribution in [-0.4, -0.2) is 12.6 Å². The Morgan fingerprint density at radius 2 is 2.29 bits per heavy atom. The Kier molecular flexibility index (Phi) is 3.24. The van der Waals surface area contributed by atoms with Crippen LogP contribution in [0.25, 0.3) is 0 Å². The molecule has 1 saturated carbocycles. The van der Waals surface area contributed by atoms with Gasteiger partial charge in [-0.25, -0.2) is 0 Å². The van der Waals surface area contributed by atoms with E-state index in [0.29, 0.717) is 0 Å². The van der Waals surface area contributed by atoms with Crippen molar-refractivity contribution in [3.8, 4) is 0 Å². The van der Waals surface area contributed by atoms with Gasteiger partial charge in [0, 0.05) is 15.8 Å². The average molecular weight is 209 g/mol. The van der Waals surface area contributed by atoms with Crippen molar-refractivity contribution < 1.29 is 0 Å². The van der Waals surface area contributed by atoms with Crippen molar-refractivity contribution in [3.05, 3.63) is 21.9 Å². The maximum Gasteiger partial charge on any atom is 0.00683 e. The van der Waals surface area contributed by atoms with E-state index in [2.05, 4.69) is 31.3 Å². The smallest absolute Gasteiger partial charge is 0.00683 e. The minimum atomic E-state index is 0.772. The summed E-state index contributed by atoms with van der Waals surface area (Å²) in [6, 6.07) is 5.34. The summed E-state index contributed by atoms with van der Waals surface area (Å²) in [5.74, 6) is 0.772. The van der Waals surface area contributed by atoms with Gasteiger partial charge in [0.25, 0.3) is 0 Å². The Bertz CT molecular complexity index is 288. The van der Waals surface area contributed by atoms with E-state index in [1.807, 2.05) is 11.3 Å². The van der Waals surface area contributed by atoms with E-state index in [9.17, 15) is 0 Å². The zero-order valence-electron chi connectivity index (χ0n) is 9.05. The number of thiophene rings is 1. The highest BCUT2D eigenvalue weighted by Gasteiger charge is 2.20.